The molecule has 0 atom stereocenters. The van der Waals surface area contributed by atoms with Gasteiger partial charge in [-0.1, -0.05) is 13.0 Å². The van der Waals surface area contributed by atoms with Gasteiger partial charge in [-0.05, 0) is 24.1 Å². The highest BCUT2D eigenvalue weighted by atomic mass is 19.4. The van der Waals surface area contributed by atoms with Crippen molar-refractivity contribution < 1.29 is 22.7 Å². The summed E-state index contributed by atoms with van der Waals surface area (Å²) in [5, 5.41) is 0. The highest BCUT2D eigenvalue weighted by Crippen LogP contribution is 2.33. The smallest absolute Gasteiger partial charge is 0.416 e. The van der Waals surface area contributed by atoms with Crippen molar-refractivity contribution in [3.8, 4) is 0 Å². The number of rotatable bonds is 2. The maximum absolute atomic E-state index is 12.6. The second kappa shape index (κ2) is 4.55. The molecule has 1 aromatic rings. The van der Waals surface area contributed by atoms with Crippen LogP contribution in [0.1, 0.15) is 28.4 Å². The van der Waals surface area contributed by atoms with Crippen LogP contribution in [0.5, 0.6) is 0 Å². The molecule has 0 heterocycles. The minimum atomic E-state index is -4.45. The zero-order valence-electron chi connectivity index (χ0n) is 8.89. The molecule has 0 N–H and O–H groups in total. The molecule has 0 unspecified atom stereocenters. The Bertz CT molecular complexity index is 397. The number of esters is 1. The SMILES string of the molecule is CCc1c(C(=O)OC)cccc1C(F)(F)F. The first-order valence-corrected chi connectivity index (χ1v) is 4.69. The normalized spacial score (nSPS) is 11.3. The standard InChI is InChI=1S/C11H11F3O2/c1-3-7-8(10(15)16-2)5-4-6-9(7)11(12,13)14/h4-6H,3H2,1-2H3. The Labute approximate surface area is 91.0 Å². The van der Waals surface area contributed by atoms with Gasteiger partial charge in [0.15, 0.2) is 0 Å². The van der Waals surface area contributed by atoms with Gasteiger partial charge in [0, 0.05) is 0 Å². The van der Waals surface area contributed by atoms with Gasteiger partial charge in [-0.25, -0.2) is 4.79 Å². The fourth-order valence-electron chi connectivity index (χ4n) is 1.53. The number of hydrogen-bond acceptors (Lipinski definition) is 2. The summed E-state index contributed by atoms with van der Waals surface area (Å²) in [5.41, 5.74) is -0.834. The molecule has 0 radical (unpaired) electrons. The Morgan fingerprint density at radius 1 is 1.38 bits per heavy atom. The Morgan fingerprint density at radius 3 is 2.44 bits per heavy atom. The van der Waals surface area contributed by atoms with Crippen LogP contribution in [0.15, 0.2) is 18.2 Å². The Hall–Kier alpha value is -1.52. The molecule has 88 valence electrons. The van der Waals surface area contributed by atoms with Crippen LogP contribution in [0.4, 0.5) is 13.2 Å². The van der Waals surface area contributed by atoms with E-state index in [2.05, 4.69) is 4.74 Å². The zero-order valence-corrected chi connectivity index (χ0v) is 8.89. The molecule has 0 bridgehead atoms. The van der Waals surface area contributed by atoms with Gasteiger partial charge >= 0.3 is 12.1 Å². The second-order valence-corrected chi connectivity index (χ2v) is 3.17. The lowest BCUT2D eigenvalue weighted by Gasteiger charge is -2.14. The van der Waals surface area contributed by atoms with Crippen molar-refractivity contribution in [1.82, 2.24) is 0 Å². The largest absolute Gasteiger partial charge is 0.465 e. The molecule has 0 saturated carbocycles. The van der Waals surface area contributed by atoms with Gasteiger partial charge in [0.25, 0.3) is 0 Å². The summed E-state index contributed by atoms with van der Waals surface area (Å²) >= 11 is 0. The molecule has 16 heavy (non-hydrogen) atoms. The molecular weight excluding hydrogens is 221 g/mol. The molecule has 0 amide bonds. The highest BCUT2D eigenvalue weighted by molar-refractivity contribution is 5.91. The van der Waals surface area contributed by atoms with E-state index in [0.29, 0.717) is 0 Å². The van der Waals surface area contributed by atoms with E-state index in [4.69, 9.17) is 0 Å². The molecule has 0 aliphatic heterocycles. The van der Waals surface area contributed by atoms with E-state index in [1.165, 1.54) is 12.1 Å². The van der Waals surface area contributed by atoms with Crippen LogP contribution >= 0.6 is 0 Å². The zero-order chi connectivity index (χ0) is 12.3. The van der Waals surface area contributed by atoms with Crippen molar-refractivity contribution in [3.05, 3.63) is 34.9 Å². The van der Waals surface area contributed by atoms with Crippen molar-refractivity contribution in [1.29, 1.82) is 0 Å². The molecule has 0 aliphatic carbocycles. The van der Waals surface area contributed by atoms with Crippen LogP contribution in [0.25, 0.3) is 0 Å². The lowest BCUT2D eigenvalue weighted by Crippen LogP contribution is -2.14. The summed E-state index contributed by atoms with van der Waals surface area (Å²) in [6, 6.07) is 3.50. The number of methoxy groups -OCH3 is 1. The van der Waals surface area contributed by atoms with E-state index in [0.717, 1.165) is 13.2 Å². The number of hydrogen-bond donors (Lipinski definition) is 0. The van der Waals surface area contributed by atoms with Gasteiger partial charge < -0.3 is 4.74 Å². The first kappa shape index (κ1) is 12.5. The Morgan fingerprint density at radius 2 is 2.00 bits per heavy atom. The molecule has 0 saturated heterocycles. The molecule has 0 fully saturated rings. The number of carbonyl (C=O) groups is 1. The average Bonchev–Trinajstić information content (AvgIpc) is 2.25. The van der Waals surface area contributed by atoms with E-state index >= 15 is 0 Å². The van der Waals surface area contributed by atoms with E-state index in [9.17, 15) is 18.0 Å². The summed E-state index contributed by atoms with van der Waals surface area (Å²) in [5.74, 6) is -0.747. The quantitative estimate of drug-likeness (QED) is 0.732. The first-order valence-electron chi connectivity index (χ1n) is 4.69. The third kappa shape index (κ3) is 2.35. The highest BCUT2D eigenvalue weighted by Gasteiger charge is 2.34. The number of carbonyl (C=O) groups excluding carboxylic acids is 1. The molecule has 1 rings (SSSR count). The third-order valence-corrected chi connectivity index (χ3v) is 2.24. The third-order valence-electron chi connectivity index (χ3n) is 2.24. The summed E-state index contributed by atoms with van der Waals surface area (Å²) in [6.07, 6.45) is -4.32. The van der Waals surface area contributed by atoms with Gasteiger partial charge in [0.1, 0.15) is 0 Å². The molecule has 0 aromatic heterocycles. The summed E-state index contributed by atoms with van der Waals surface area (Å²) in [4.78, 5) is 11.3. The topological polar surface area (TPSA) is 26.3 Å². The van der Waals surface area contributed by atoms with Crippen molar-refractivity contribution >= 4 is 5.97 Å². The van der Waals surface area contributed by atoms with Gasteiger partial charge in [-0.3, -0.25) is 0 Å². The van der Waals surface area contributed by atoms with Crippen LogP contribution < -0.4 is 0 Å². The fraction of sp³-hybridized carbons (Fsp3) is 0.364. The van der Waals surface area contributed by atoms with E-state index in [1.54, 1.807) is 6.92 Å². The predicted molar refractivity (Wildman–Crippen MR) is 52.2 cm³/mol. The van der Waals surface area contributed by atoms with Crippen LogP contribution in [0, 0.1) is 0 Å². The van der Waals surface area contributed by atoms with Crippen molar-refractivity contribution in [2.24, 2.45) is 0 Å². The van der Waals surface area contributed by atoms with E-state index < -0.39 is 17.7 Å². The summed E-state index contributed by atoms with van der Waals surface area (Å²) in [7, 11) is 1.14. The summed E-state index contributed by atoms with van der Waals surface area (Å²) < 4.78 is 42.3. The molecule has 0 spiro atoms. The summed E-state index contributed by atoms with van der Waals surface area (Å²) in [6.45, 7) is 1.57. The number of alkyl halides is 3. The predicted octanol–water partition coefficient (Wildman–Crippen LogP) is 3.05. The maximum atomic E-state index is 12.6. The van der Waals surface area contributed by atoms with Crippen molar-refractivity contribution in [2.75, 3.05) is 7.11 Å². The second-order valence-electron chi connectivity index (χ2n) is 3.17. The van der Waals surface area contributed by atoms with Crippen LogP contribution in [0.2, 0.25) is 0 Å². The van der Waals surface area contributed by atoms with Crippen molar-refractivity contribution in [3.63, 3.8) is 0 Å². The van der Waals surface area contributed by atoms with Crippen molar-refractivity contribution in [2.45, 2.75) is 19.5 Å². The number of ether oxygens (including phenoxy) is 1. The van der Waals surface area contributed by atoms with Crippen LogP contribution in [0.3, 0.4) is 0 Å². The number of halogens is 3. The van der Waals surface area contributed by atoms with Crippen LogP contribution in [-0.4, -0.2) is 13.1 Å². The molecule has 0 aliphatic rings. The fourth-order valence-corrected chi connectivity index (χ4v) is 1.53. The van der Waals surface area contributed by atoms with E-state index in [1.807, 2.05) is 0 Å². The maximum Gasteiger partial charge on any atom is 0.416 e. The molecule has 2 nitrogen and oxygen atoms in total. The lowest BCUT2D eigenvalue weighted by atomic mass is 9.98. The minimum Gasteiger partial charge on any atom is -0.465 e. The molecule has 5 heteroatoms. The van der Waals surface area contributed by atoms with Gasteiger partial charge in [-0.2, -0.15) is 13.2 Å². The first-order chi connectivity index (χ1) is 7.41. The Kier molecular flexibility index (Phi) is 3.57. The molecule has 1 aromatic carbocycles. The van der Waals surface area contributed by atoms with Gasteiger partial charge in [0.2, 0.25) is 0 Å². The monoisotopic (exact) mass is 232 g/mol. The van der Waals surface area contributed by atoms with Crippen LogP contribution in [-0.2, 0) is 17.3 Å². The van der Waals surface area contributed by atoms with E-state index in [-0.39, 0.29) is 17.5 Å². The lowest BCUT2D eigenvalue weighted by molar-refractivity contribution is -0.138. The molecular formula is C11H11F3O2. The minimum absolute atomic E-state index is 0.0261. The van der Waals surface area contributed by atoms with Gasteiger partial charge in [0.05, 0.1) is 18.2 Å². The number of benzene rings is 1. The average molecular weight is 232 g/mol. The van der Waals surface area contributed by atoms with Gasteiger partial charge in [-0.15, -0.1) is 0 Å². The Balaban J connectivity index is 3.38.